The monoisotopic (exact) mass is 366 g/mol. The van der Waals surface area contributed by atoms with Crippen LogP contribution < -0.4 is 0 Å². The fourth-order valence-electron chi connectivity index (χ4n) is 3.25. The van der Waals surface area contributed by atoms with Crippen molar-refractivity contribution in [3.63, 3.8) is 0 Å². The van der Waals surface area contributed by atoms with E-state index in [9.17, 15) is 4.79 Å². The lowest BCUT2D eigenvalue weighted by molar-refractivity contribution is -0.137. The van der Waals surface area contributed by atoms with Gasteiger partial charge in [0.05, 0.1) is 6.42 Å². The predicted molar refractivity (Wildman–Crippen MR) is 104 cm³/mol. The summed E-state index contributed by atoms with van der Waals surface area (Å²) in [7, 11) is 0. The van der Waals surface area contributed by atoms with Crippen LogP contribution in [0.4, 0.5) is 0 Å². The van der Waals surface area contributed by atoms with E-state index in [1.807, 2.05) is 0 Å². The minimum atomic E-state index is -0.809. The van der Waals surface area contributed by atoms with Gasteiger partial charge in [0.25, 0.3) is 0 Å². The highest BCUT2D eigenvalue weighted by Gasteiger charge is 2.07. The molecular formula is C20H38N4O2. The van der Waals surface area contributed by atoms with Crippen LogP contribution in [0, 0.1) is 0 Å². The van der Waals surface area contributed by atoms with Gasteiger partial charge in [-0.1, -0.05) is 90.4 Å². The predicted octanol–water partition coefficient (Wildman–Crippen LogP) is 5.17. The van der Waals surface area contributed by atoms with Gasteiger partial charge in [-0.3, -0.25) is 4.79 Å². The van der Waals surface area contributed by atoms with Crippen LogP contribution in [-0.2, 0) is 17.8 Å². The first-order valence-electron chi connectivity index (χ1n) is 10.7. The molecule has 0 saturated heterocycles. The fourth-order valence-corrected chi connectivity index (χ4v) is 3.25. The summed E-state index contributed by atoms with van der Waals surface area (Å²) in [6, 6.07) is 0. The maximum Gasteiger partial charge on any atom is 0.303 e. The van der Waals surface area contributed by atoms with Gasteiger partial charge in [-0.15, -0.1) is 5.10 Å². The van der Waals surface area contributed by atoms with E-state index in [1.165, 1.54) is 83.5 Å². The summed E-state index contributed by atoms with van der Waals surface area (Å²) < 4.78 is 1.75. The number of nitrogens with zero attached hydrogens (tertiary/aromatic N) is 4. The molecule has 1 rings (SSSR count). The van der Waals surface area contributed by atoms with Gasteiger partial charge >= 0.3 is 5.97 Å². The maximum atomic E-state index is 10.6. The zero-order valence-electron chi connectivity index (χ0n) is 16.7. The molecule has 1 heterocycles. The summed E-state index contributed by atoms with van der Waals surface area (Å²) in [5.74, 6) is -0.127. The van der Waals surface area contributed by atoms with Crippen molar-refractivity contribution in [2.45, 2.75) is 116 Å². The van der Waals surface area contributed by atoms with Gasteiger partial charge in [0.15, 0.2) is 5.82 Å². The van der Waals surface area contributed by atoms with Crippen molar-refractivity contribution in [3.05, 3.63) is 5.82 Å². The van der Waals surface area contributed by atoms with E-state index in [2.05, 4.69) is 22.4 Å². The average Bonchev–Trinajstić information content (AvgIpc) is 3.07. The molecule has 0 aliphatic carbocycles. The van der Waals surface area contributed by atoms with Gasteiger partial charge in [-0.2, -0.15) is 0 Å². The van der Waals surface area contributed by atoms with Crippen molar-refractivity contribution < 1.29 is 9.90 Å². The Labute approximate surface area is 158 Å². The van der Waals surface area contributed by atoms with Crippen molar-refractivity contribution in [1.82, 2.24) is 20.2 Å². The summed E-state index contributed by atoms with van der Waals surface area (Å²) in [4.78, 5) is 10.6. The first-order chi connectivity index (χ1) is 12.7. The second-order valence-electron chi connectivity index (χ2n) is 7.31. The number of aliphatic carboxylic acids is 1. The zero-order chi connectivity index (χ0) is 18.9. The molecule has 1 N–H and O–H groups in total. The molecule has 0 saturated carbocycles. The Bertz CT molecular complexity index is 462. The number of aryl methyl sites for hydroxylation is 2. The molecule has 0 spiro atoms. The highest BCUT2D eigenvalue weighted by atomic mass is 16.4. The number of hydrogen-bond acceptors (Lipinski definition) is 4. The van der Waals surface area contributed by atoms with Crippen molar-refractivity contribution in [1.29, 1.82) is 0 Å². The number of carbonyl (C=O) groups is 1. The minimum absolute atomic E-state index is 0.0825. The Balaban J connectivity index is 1.88. The number of aromatic nitrogens is 4. The fraction of sp³-hybridized carbons (Fsp3) is 0.900. The average molecular weight is 367 g/mol. The molecule has 0 aliphatic rings. The number of unbranched alkanes of at least 4 members (excludes halogenated alkanes) is 13. The van der Waals surface area contributed by atoms with Crippen LogP contribution in [0.1, 0.15) is 109 Å². The Morgan fingerprint density at radius 1 is 0.846 bits per heavy atom. The first kappa shape index (κ1) is 22.6. The molecule has 0 radical (unpaired) electrons. The molecule has 0 amide bonds. The Morgan fingerprint density at radius 2 is 1.35 bits per heavy atom. The van der Waals surface area contributed by atoms with Crippen molar-refractivity contribution in [2.75, 3.05) is 0 Å². The van der Waals surface area contributed by atoms with E-state index >= 15 is 0 Å². The molecule has 1 aromatic rings. The van der Waals surface area contributed by atoms with Gasteiger partial charge in [-0.05, 0) is 16.8 Å². The van der Waals surface area contributed by atoms with Crippen LogP contribution in [0.5, 0.6) is 0 Å². The van der Waals surface area contributed by atoms with Crippen molar-refractivity contribution in [2.24, 2.45) is 0 Å². The molecule has 0 fully saturated rings. The smallest absolute Gasteiger partial charge is 0.303 e. The van der Waals surface area contributed by atoms with E-state index in [4.69, 9.17) is 5.11 Å². The molecular weight excluding hydrogens is 328 g/mol. The van der Waals surface area contributed by atoms with Crippen LogP contribution in [0.3, 0.4) is 0 Å². The second-order valence-corrected chi connectivity index (χ2v) is 7.31. The van der Waals surface area contributed by atoms with Crippen LogP contribution in [-0.4, -0.2) is 31.3 Å². The largest absolute Gasteiger partial charge is 0.481 e. The van der Waals surface area contributed by atoms with E-state index in [0.29, 0.717) is 12.2 Å². The number of hydrogen-bond donors (Lipinski definition) is 1. The van der Waals surface area contributed by atoms with Gasteiger partial charge in [0.2, 0.25) is 0 Å². The number of tetrazole rings is 1. The summed E-state index contributed by atoms with van der Waals surface area (Å²) >= 11 is 0. The molecule has 0 unspecified atom stereocenters. The molecule has 6 nitrogen and oxygen atoms in total. The van der Waals surface area contributed by atoms with Crippen LogP contribution in [0.15, 0.2) is 0 Å². The van der Waals surface area contributed by atoms with E-state index in [1.54, 1.807) is 4.68 Å². The second kappa shape index (κ2) is 15.8. The van der Waals surface area contributed by atoms with E-state index in [0.717, 1.165) is 13.0 Å². The van der Waals surface area contributed by atoms with Gasteiger partial charge < -0.3 is 5.11 Å². The van der Waals surface area contributed by atoms with Gasteiger partial charge in [0, 0.05) is 13.0 Å². The molecule has 0 aliphatic heterocycles. The van der Waals surface area contributed by atoms with Crippen molar-refractivity contribution in [3.8, 4) is 0 Å². The quantitative estimate of drug-likeness (QED) is 0.362. The molecule has 0 aromatic carbocycles. The molecule has 150 valence electrons. The minimum Gasteiger partial charge on any atom is -0.481 e. The van der Waals surface area contributed by atoms with Gasteiger partial charge in [-0.25, -0.2) is 4.68 Å². The Hall–Kier alpha value is -1.46. The lowest BCUT2D eigenvalue weighted by atomic mass is 10.0. The summed E-state index contributed by atoms with van der Waals surface area (Å²) in [5, 5.41) is 20.3. The molecule has 26 heavy (non-hydrogen) atoms. The highest BCUT2D eigenvalue weighted by molar-refractivity contribution is 5.66. The normalized spacial score (nSPS) is 11.1. The van der Waals surface area contributed by atoms with E-state index < -0.39 is 5.97 Å². The van der Waals surface area contributed by atoms with Crippen molar-refractivity contribution >= 4 is 5.97 Å². The maximum absolute atomic E-state index is 10.6. The number of rotatable bonds is 18. The summed E-state index contributed by atoms with van der Waals surface area (Å²) in [5.41, 5.74) is 0. The SMILES string of the molecule is CCCCCCCCCCCCCCCCn1nnnc1CCC(=O)O. The molecule has 6 heteroatoms. The lowest BCUT2D eigenvalue weighted by Gasteiger charge is -2.05. The third-order valence-corrected chi connectivity index (χ3v) is 4.89. The van der Waals surface area contributed by atoms with Crippen LogP contribution in [0.25, 0.3) is 0 Å². The summed E-state index contributed by atoms with van der Waals surface area (Å²) in [6.07, 6.45) is 19.3. The third-order valence-electron chi connectivity index (χ3n) is 4.89. The number of carboxylic acids is 1. The third kappa shape index (κ3) is 12.0. The van der Waals surface area contributed by atoms with E-state index in [-0.39, 0.29) is 6.42 Å². The Morgan fingerprint density at radius 3 is 1.85 bits per heavy atom. The lowest BCUT2D eigenvalue weighted by Crippen LogP contribution is -2.08. The standard InChI is InChI=1S/C20H38N4O2/c1-2-3-4-5-6-7-8-9-10-11-12-13-14-15-18-24-19(21-22-23-24)16-17-20(25)26/h2-18H2,1H3,(H,25,26). The number of carboxylic acid groups (broad SMARTS) is 1. The van der Waals surface area contributed by atoms with Crippen LogP contribution in [0.2, 0.25) is 0 Å². The zero-order valence-corrected chi connectivity index (χ0v) is 16.7. The van der Waals surface area contributed by atoms with Gasteiger partial charge in [0.1, 0.15) is 0 Å². The van der Waals surface area contributed by atoms with Crippen LogP contribution >= 0.6 is 0 Å². The highest BCUT2D eigenvalue weighted by Crippen LogP contribution is 2.13. The molecule has 1 aromatic heterocycles. The topological polar surface area (TPSA) is 80.9 Å². The molecule has 0 bridgehead atoms. The first-order valence-corrected chi connectivity index (χ1v) is 10.7. The Kier molecular flexibility index (Phi) is 13.7. The summed E-state index contributed by atoms with van der Waals surface area (Å²) in [6.45, 7) is 3.06. The molecule has 0 atom stereocenters.